The first-order chi connectivity index (χ1) is 21.2. The Kier molecular flexibility index (Phi) is 10.5. The number of nitrogens with one attached hydrogen (secondary N) is 1. The van der Waals surface area contributed by atoms with Gasteiger partial charge in [-0.3, -0.25) is 4.79 Å². The molecule has 0 radical (unpaired) electrons. The number of ketones is 1. The zero-order chi connectivity index (χ0) is 31.3. The van der Waals surface area contributed by atoms with Crippen molar-refractivity contribution in [3.63, 3.8) is 0 Å². The fraction of sp³-hybridized carbons (Fsp3) is 0.270. The van der Waals surface area contributed by atoms with Crippen LogP contribution < -0.4 is 9.98 Å². The molecule has 0 saturated carbocycles. The highest BCUT2D eigenvalue weighted by molar-refractivity contribution is 7.62. The Bertz CT molecular complexity index is 1470. The number of hydrogen-bond donors (Lipinski definition) is 1. The summed E-state index contributed by atoms with van der Waals surface area (Å²) in [4.78, 5) is 29.4. The largest absolute Gasteiger partial charge is 0.636 e. The molecular formula is C37H41ClN3O2P. The Labute approximate surface area is 267 Å². The first-order valence-electron chi connectivity index (χ1n) is 15.3. The van der Waals surface area contributed by atoms with Crippen molar-refractivity contribution in [1.29, 1.82) is 0 Å². The SMILES string of the molecule is CC(C)N1[C@@H](c2ccccc2)[C@H](c2ccccc2)N(C(C)C)[P+]1([O-])N[C@@H](CC(=O)/C=C/c1ccc(Cl)cc1)c1ccccc1. The highest BCUT2D eigenvalue weighted by Gasteiger charge is 2.62. The lowest BCUT2D eigenvalue weighted by Gasteiger charge is -2.45. The van der Waals surface area contributed by atoms with E-state index in [1.807, 2.05) is 78.9 Å². The molecule has 0 spiro atoms. The van der Waals surface area contributed by atoms with Crippen LogP contribution in [0.3, 0.4) is 0 Å². The smallest absolute Gasteiger partial charge is 0.185 e. The van der Waals surface area contributed by atoms with Gasteiger partial charge < -0.3 is 4.89 Å². The fourth-order valence-electron chi connectivity index (χ4n) is 6.28. The van der Waals surface area contributed by atoms with Gasteiger partial charge in [-0.15, -0.1) is 9.34 Å². The topological polar surface area (TPSA) is 58.6 Å². The van der Waals surface area contributed by atoms with Gasteiger partial charge in [0.25, 0.3) is 0 Å². The van der Waals surface area contributed by atoms with E-state index in [9.17, 15) is 4.79 Å². The summed E-state index contributed by atoms with van der Waals surface area (Å²) in [5.41, 5.74) is 4.03. The average molecular weight is 626 g/mol. The van der Waals surface area contributed by atoms with E-state index in [1.54, 1.807) is 24.3 Å². The van der Waals surface area contributed by atoms with Gasteiger partial charge in [0.1, 0.15) is 0 Å². The van der Waals surface area contributed by atoms with Crippen LogP contribution in [0.2, 0.25) is 5.02 Å². The first-order valence-corrected chi connectivity index (χ1v) is 17.2. The van der Waals surface area contributed by atoms with Gasteiger partial charge in [-0.25, -0.2) is 0 Å². The number of hydrogen-bond acceptors (Lipinski definition) is 5. The lowest BCUT2D eigenvalue weighted by molar-refractivity contribution is -0.198. The van der Waals surface area contributed by atoms with Crippen molar-refractivity contribution >= 4 is 31.4 Å². The predicted octanol–water partition coefficient (Wildman–Crippen LogP) is 8.60. The number of rotatable bonds is 11. The van der Waals surface area contributed by atoms with Crippen LogP contribution in [0.1, 0.15) is 74.5 Å². The lowest BCUT2D eigenvalue weighted by atomic mass is 9.92. The Morgan fingerprint density at radius 2 is 1.23 bits per heavy atom. The molecule has 5 nitrogen and oxygen atoms in total. The third-order valence-electron chi connectivity index (χ3n) is 8.10. The van der Waals surface area contributed by atoms with E-state index in [0.717, 1.165) is 22.3 Å². The van der Waals surface area contributed by atoms with Crippen LogP contribution in [0.4, 0.5) is 0 Å². The quantitative estimate of drug-likeness (QED) is 0.134. The summed E-state index contributed by atoms with van der Waals surface area (Å²) in [6, 6.07) is 37.1. The molecule has 1 fully saturated rings. The van der Waals surface area contributed by atoms with Crippen LogP contribution in [0.5, 0.6) is 0 Å². The van der Waals surface area contributed by atoms with Crippen LogP contribution in [-0.2, 0) is 4.79 Å². The molecule has 3 atom stereocenters. The summed E-state index contributed by atoms with van der Waals surface area (Å²) >= 11 is 6.04. The highest BCUT2D eigenvalue weighted by atomic mass is 35.5. The van der Waals surface area contributed by atoms with E-state index in [1.165, 1.54) is 0 Å². The number of allylic oxidation sites excluding steroid dienone is 1. The number of carbonyl (C=O) groups excluding carboxylic acids is 1. The molecule has 1 N–H and O–H groups in total. The Morgan fingerprint density at radius 1 is 0.773 bits per heavy atom. The van der Waals surface area contributed by atoms with E-state index in [-0.39, 0.29) is 36.4 Å². The average Bonchev–Trinajstić information content (AvgIpc) is 3.31. The van der Waals surface area contributed by atoms with E-state index >= 15 is 4.89 Å². The van der Waals surface area contributed by atoms with Gasteiger partial charge in [-0.2, -0.15) is 5.09 Å². The predicted molar refractivity (Wildman–Crippen MR) is 182 cm³/mol. The molecule has 1 saturated heterocycles. The summed E-state index contributed by atoms with van der Waals surface area (Å²) in [5, 5.41) is 4.29. The third-order valence-corrected chi connectivity index (χ3v) is 11.7. The Morgan fingerprint density at radius 3 is 1.68 bits per heavy atom. The van der Waals surface area contributed by atoms with Crippen LogP contribution in [0.25, 0.3) is 6.08 Å². The molecule has 1 aliphatic rings. The molecule has 0 aliphatic carbocycles. The van der Waals surface area contributed by atoms with Crippen molar-refractivity contribution in [2.45, 2.75) is 64.3 Å². The van der Waals surface area contributed by atoms with Crippen LogP contribution in [0.15, 0.2) is 121 Å². The van der Waals surface area contributed by atoms with E-state index in [2.05, 4.69) is 66.4 Å². The van der Waals surface area contributed by atoms with Crippen molar-refractivity contribution in [3.05, 3.63) is 149 Å². The number of carbonyl (C=O) groups is 1. The van der Waals surface area contributed by atoms with Gasteiger partial charge >= 0.3 is 0 Å². The van der Waals surface area contributed by atoms with Gasteiger partial charge in [-0.05, 0) is 68.2 Å². The summed E-state index contributed by atoms with van der Waals surface area (Å²) in [5.74, 6) is -0.0569. The van der Waals surface area contributed by atoms with E-state index in [0.29, 0.717) is 5.02 Å². The van der Waals surface area contributed by atoms with Crippen molar-refractivity contribution in [3.8, 4) is 0 Å². The van der Waals surface area contributed by atoms with Gasteiger partial charge in [0.05, 0.1) is 18.1 Å². The summed E-state index contributed by atoms with van der Waals surface area (Å²) in [7, 11) is -3.48. The molecule has 4 aromatic carbocycles. The van der Waals surface area contributed by atoms with Crippen LogP contribution in [-0.4, -0.2) is 27.2 Å². The molecule has 7 heteroatoms. The lowest BCUT2D eigenvalue weighted by Crippen LogP contribution is -2.48. The first kappa shape index (κ1) is 32.2. The molecule has 0 bridgehead atoms. The molecule has 0 aromatic heterocycles. The second-order valence-electron chi connectivity index (χ2n) is 11.9. The van der Waals surface area contributed by atoms with Gasteiger partial charge in [0.2, 0.25) is 0 Å². The second-order valence-corrected chi connectivity index (χ2v) is 14.6. The normalized spacial score (nSPS) is 19.6. The van der Waals surface area contributed by atoms with Crippen molar-refractivity contribution in [2.24, 2.45) is 0 Å². The number of halogens is 1. The second kappa shape index (κ2) is 14.3. The van der Waals surface area contributed by atoms with Crippen molar-refractivity contribution < 1.29 is 9.69 Å². The molecule has 4 aromatic rings. The summed E-state index contributed by atoms with van der Waals surface area (Å²) in [6.07, 6.45) is 3.56. The molecular weight excluding hydrogens is 585 g/mol. The van der Waals surface area contributed by atoms with Crippen LogP contribution in [0, 0.1) is 0 Å². The minimum absolute atomic E-state index is 0.0505. The third kappa shape index (κ3) is 7.05. The zero-order valence-corrected chi connectivity index (χ0v) is 27.4. The monoisotopic (exact) mass is 625 g/mol. The van der Waals surface area contributed by atoms with Gasteiger partial charge in [0, 0.05) is 23.5 Å². The van der Waals surface area contributed by atoms with Gasteiger partial charge in [0.15, 0.2) is 13.7 Å². The Hall–Kier alpha value is -3.15. The zero-order valence-electron chi connectivity index (χ0n) is 25.8. The molecule has 0 unspecified atom stereocenters. The van der Waals surface area contributed by atoms with Crippen LogP contribution >= 0.6 is 19.5 Å². The van der Waals surface area contributed by atoms with E-state index < -0.39 is 14.0 Å². The maximum absolute atomic E-state index is 15.9. The van der Waals surface area contributed by atoms with Crippen molar-refractivity contribution in [2.75, 3.05) is 0 Å². The molecule has 5 rings (SSSR count). The number of benzene rings is 4. The maximum Gasteiger partial charge on any atom is 0.185 e. The summed E-state index contributed by atoms with van der Waals surface area (Å²) in [6.45, 7) is 8.42. The minimum Gasteiger partial charge on any atom is -0.636 e. The van der Waals surface area contributed by atoms with Gasteiger partial charge in [-0.1, -0.05) is 121 Å². The van der Waals surface area contributed by atoms with Crippen molar-refractivity contribution in [1.82, 2.24) is 14.4 Å². The molecule has 44 heavy (non-hydrogen) atoms. The maximum atomic E-state index is 15.9. The highest BCUT2D eigenvalue weighted by Crippen LogP contribution is 2.72. The molecule has 1 heterocycles. The number of nitrogens with zero attached hydrogens (tertiary/aromatic N) is 2. The molecule has 1 aliphatic heterocycles. The molecule has 228 valence electrons. The Balaban J connectivity index is 1.58. The minimum atomic E-state index is -3.48. The molecule has 0 amide bonds. The standard InChI is InChI=1S/C37H41ClN3O2P/c1-27(2)40-36(31-16-10-6-11-17-31)37(32-18-12-7-13-19-32)41(28(3)4)44(40,43)39-35(30-14-8-5-9-15-30)26-34(42)25-22-29-20-23-33(38)24-21-29/h5-25,27-28,35-37H,26H2,1-4H3,(H,39,43)/b25-22+/t35-,36-,37-/m0/s1. The summed E-state index contributed by atoms with van der Waals surface area (Å²) < 4.78 is 4.34. The fourth-order valence-corrected chi connectivity index (χ4v) is 10.0. The van der Waals surface area contributed by atoms with E-state index in [4.69, 9.17) is 11.6 Å².